The van der Waals surface area contributed by atoms with E-state index in [1.807, 2.05) is 30.3 Å². The molecule has 0 fully saturated rings. The molecule has 0 aliphatic heterocycles. The Morgan fingerprint density at radius 2 is 1.81 bits per heavy atom. The van der Waals surface area contributed by atoms with E-state index in [0.29, 0.717) is 18.7 Å². The van der Waals surface area contributed by atoms with E-state index in [-0.39, 0.29) is 11.6 Å². The maximum absolute atomic E-state index is 13.9. The number of rotatable bonds is 7. The van der Waals surface area contributed by atoms with Crippen molar-refractivity contribution in [3.8, 4) is 11.5 Å². The Hall–Kier alpha value is -1.87. The van der Waals surface area contributed by atoms with Crippen LogP contribution in [0.15, 0.2) is 42.5 Å². The molecule has 0 aliphatic carbocycles. The molecule has 0 unspecified atom stereocenters. The average Bonchev–Trinajstić information content (AvgIpc) is 2.50. The van der Waals surface area contributed by atoms with Gasteiger partial charge < -0.3 is 10.5 Å². The Balaban J connectivity index is 2.14. The van der Waals surface area contributed by atoms with Crippen LogP contribution >= 0.6 is 0 Å². The van der Waals surface area contributed by atoms with E-state index in [0.717, 1.165) is 12.0 Å². The van der Waals surface area contributed by atoms with Crippen LogP contribution in [0, 0.1) is 5.82 Å². The van der Waals surface area contributed by atoms with Crippen molar-refractivity contribution in [1.29, 1.82) is 0 Å². The van der Waals surface area contributed by atoms with Gasteiger partial charge in [-0.05, 0) is 55.1 Å². The lowest BCUT2D eigenvalue weighted by Gasteiger charge is -2.12. The van der Waals surface area contributed by atoms with Crippen LogP contribution in [0.2, 0.25) is 0 Å². The van der Waals surface area contributed by atoms with E-state index in [1.165, 1.54) is 24.5 Å². The second-order valence-corrected chi connectivity index (χ2v) is 5.12. The van der Waals surface area contributed by atoms with Gasteiger partial charge >= 0.3 is 0 Å². The Morgan fingerprint density at radius 3 is 2.48 bits per heavy atom. The van der Waals surface area contributed by atoms with Crippen LogP contribution in [-0.2, 0) is 12.8 Å². The maximum atomic E-state index is 13.9. The Kier molecular flexibility index (Phi) is 5.76. The minimum atomic E-state index is -0.351. The van der Waals surface area contributed by atoms with Crippen molar-refractivity contribution in [3.05, 3.63) is 59.4 Å². The summed E-state index contributed by atoms with van der Waals surface area (Å²) in [5.41, 5.74) is 7.64. The number of hydrogen-bond acceptors (Lipinski definition) is 2. The first-order valence-electron chi connectivity index (χ1n) is 7.49. The first kappa shape index (κ1) is 15.5. The molecular formula is C18H22FNO. The summed E-state index contributed by atoms with van der Waals surface area (Å²) < 4.78 is 19.7. The SMILES string of the molecule is CCCCc1ccc(Oc2c(F)cccc2CCN)cc1. The molecule has 0 aliphatic rings. The Morgan fingerprint density at radius 1 is 1.05 bits per heavy atom. The summed E-state index contributed by atoms with van der Waals surface area (Å²) in [6.45, 7) is 2.64. The highest BCUT2D eigenvalue weighted by atomic mass is 19.1. The van der Waals surface area contributed by atoms with Gasteiger partial charge in [0.15, 0.2) is 11.6 Å². The molecule has 0 spiro atoms. The second kappa shape index (κ2) is 7.79. The molecule has 0 bridgehead atoms. The maximum Gasteiger partial charge on any atom is 0.166 e. The highest BCUT2D eigenvalue weighted by molar-refractivity contribution is 5.40. The van der Waals surface area contributed by atoms with Gasteiger partial charge in [-0.1, -0.05) is 37.6 Å². The molecule has 0 atom stereocenters. The van der Waals surface area contributed by atoms with Crippen LogP contribution in [0.25, 0.3) is 0 Å². The fraction of sp³-hybridized carbons (Fsp3) is 0.333. The zero-order chi connectivity index (χ0) is 15.1. The number of benzene rings is 2. The van der Waals surface area contributed by atoms with Gasteiger partial charge in [-0.25, -0.2) is 4.39 Å². The molecule has 0 saturated carbocycles. The number of nitrogens with two attached hydrogens (primary N) is 1. The fourth-order valence-corrected chi connectivity index (χ4v) is 2.24. The smallest absolute Gasteiger partial charge is 0.166 e. The number of hydrogen-bond donors (Lipinski definition) is 1. The summed E-state index contributed by atoms with van der Waals surface area (Å²) in [6.07, 6.45) is 4.01. The molecule has 2 aromatic carbocycles. The van der Waals surface area contributed by atoms with Gasteiger partial charge in [-0.3, -0.25) is 0 Å². The van der Waals surface area contributed by atoms with Crippen LogP contribution in [0.3, 0.4) is 0 Å². The summed E-state index contributed by atoms with van der Waals surface area (Å²) in [5, 5.41) is 0. The van der Waals surface area contributed by atoms with Crippen molar-refractivity contribution in [2.75, 3.05) is 6.54 Å². The highest BCUT2D eigenvalue weighted by Gasteiger charge is 2.10. The lowest BCUT2D eigenvalue weighted by atomic mass is 10.1. The summed E-state index contributed by atoms with van der Waals surface area (Å²) in [7, 11) is 0. The molecule has 0 amide bonds. The lowest BCUT2D eigenvalue weighted by molar-refractivity contribution is 0.436. The van der Waals surface area contributed by atoms with Crippen LogP contribution in [0.5, 0.6) is 11.5 Å². The van der Waals surface area contributed by atoms with Gasteiger partial charge in [0, 0.05) is 0 Å². The predicted molar refractivity (Wildman–Crippen MR) is 84.3 cm³/mol. The first-order chi connectivity index (χ1) is 10.2. The van der Waals surface area contributed by atoms with Gasteiger partial charge in [0.1, 0.15) is 5.75 Å². The molecule has 0 aromatic heterocycles. The third-order valence-corrected chi connectivity index (χ3v) is 3.42. The van der Waals surface area contributed by atoms with E-state index in [4.69, 9.17) is 10.5 Å². The van der Waals surface area contributed by atoms with Crippen molar-refractivity contribution in [3.63, 3.8) is 0 Å². The van der Waals surface area contributed by atoms with Gasteiger partial charge in [-0.15, -0.1) is 0 Å². The minimum Gasteiger partial charge on any atom is -0.454 e. The lowest BCUT2D eigenvalue weighted by Crippen LogP contribution is -2.05. The third kappa shape index (κ3) is 4.30. The largest absolute Gasteiger partial charge is 0.454 e. The van der Waals surface area contributed by atoms with Gasteiger partial charge in [-0.2, -0.15) is 0 Å². The zero-order valence-electron chi connectivity index (χ0n) is 12.4. The number of unbranched alkanes of at least 4 members (excludes halogenated alkanes) is 1. The summed E-state index contributed by atoms with van der Waals surface area (Å²) in [5.74, 6) is 0.582. The number of para-hydroxylation sites is 1. The van der Waals surface area contributed by atoms with Gasteiger partial charge in [0.2, 0.25) is 0 Å². The van der Waals surface area contributed by atoms with Crippen LogP contribution in [-0.4, -0.2) is 6.54 Å². The fourth-order valence-electron chi connectivity index (χ4n) is 2.24. The van der Waals surface area contributed by atoms with Gasteiger partial charge in [0.25, 0.3) is 0 Å². The summed E-state index contributed by atoms with van der Waals surface area (Å²) in [4.78, 5) is 0. The van der Waals surface area contributed by atoms with E-state index < -0.39 is 0 Å². The molecule has 2 nitrogen and oxygen atoms in total. The summed E-state index contributed by atoms with van der Waals surface area (Å²) >= 11 is 0. The van der Waals surface area contributed by atoms with Crippen molar-refractivity contribution in [2.45, 2.75) is 32.6 Å². The molecule has 112 valence electrons. The topological polar surface area (TPSA) is 35.2 Å². The zero-order valence-corrected chi connectivity index (χ0v) is 12.4. The van der Waals surface area contributed by atoms with Crippen LogP contribution < -0.4 is 10.5 Å². The quantitative estimate of drug-likeness (QED) is 0.816. The minimum absolute atomic E-state index is 0.282. The molecule has 3 heteroatoms. The van der Waals surface area contributed by atoms with E-state index in [2.05, 4.69) is 6.92 Å². The van der Waals surface area contributed by atoms with Crippen molar-refractivity contribution < 1.29 is 9.13 Å². The second-order valence-electron chi connectivity index (χ2n) is 5.12. The van der Waals surface area contributed by atoms with Crippen LogP contribution in [0.4, 0.5) is 4.39 Å². The molecule has 2 rings (SSSR count). The first-order valence-corrected chi connectivity index (χ1v) is 7.49. The standard InChI is InChI=1S/C18H22FNO/c1-2-3-5-14-8-10-16(11-9-14)21-18-15(12-13-20)6-4-7-17(18)19/h4,6-11H,2-3,5,12-13,20H2,1H3. The van der Waals surface area contributed by atoms with Crippen LogP contribution in [0.1, 0.15) is 30.9 Å². The Labute approximate surface area is 125 Å². The van der Waals surface area contributed by atoms with E-state index in [1.54, 1.807) is 6.07 Å². The van der Waals surface area contributed by atoms with Crippen molar-refractivity contribution >= 4 is 0 Å². The molecule has 0 saturated heterocycles. The van der Waals surface area contributed by atoms with Crippen molar-refractivity contribution in [1.82, 2.24) is 0 Å². The third-order valence-electron chi connectivity index (χ3n) is 3.42. The molecule has 0 radical (unpaired) electrons. The van der Waals surface area contributed by atoms with Crippen molar-refractivity contribution in [2.24, 2.45) is 5.73 Å². The molecule has 2 aromatic rings. The number of halogens is 1. The number of ether oxygens (including phenoxy) is 1. The predicted octanol–water partition coefficient (Wildman–Crippen LogP) is 4.46. The van der Waals surface area contributed by atoms with Gasteiger partial charge in [0.05, 0.1) is 0 Å². The number of aryl methyl sites for hydroxylation is 1. The average molecular weight is 287 g/mol. The monoisotopic (exact) mass is 287 g/mol. The Bertz CT molecular complexity index is 566. The molecule has 2 N–H and O–H groups in total. The molecule has 0 heterocycles. The highest BCUT2D eigenvalue weighted by Crippen LogP contribution is 2.29. The molecule has 21 heavy (non-hydrogen) atoms. The van der Waals surface area contributed by atoms with E-state index >= 15 is 0 Å². The van der Waals surface area contributed by atoms with E-state index in [9.17, 15) is 4.39 Å². The summed E-state index contributed by atoms with van der Waals surface area (Å²) in [6, 6.07) is 12.8. The molecular weight excluding hydrogens is 265 g/mol. The normalized spacial score (nSPS) is 10.6.